The lowest BCUT2D eigenvalue weighted by Crippen LogP contribution is -2.26. The molecule has 1 amide bonds. The average Bonchev–Trinajstić information content (AvgIpc) is 3.44. The molecule has 0 heterocycles. The molecule has 0 spiro atoms. The summed E-state index contributed by atoms with van der Waals surface area (Å²) < 4.78 is 5.36. The van der Waals surface area contributed by atoms with Crippen LogP contribution in [0.3, 0.4) is 0 Å². The third-order valence-corrected chi connectivity index (χ3v) is 6.12. The van der Waals surface area contributed by atoms with Crippen LogP contribution in [0.25, 0.3) is 0 Å². The lowest BCUT2D eigenvalue weighted by molar-refractivity contribution is -0.146. The van der Waals surface area contributed by atoms with Crippen LogP contribution in [-0.2, 0) is 20.9 Å². The molecule has 1 N–H and O–H groups in total. The summed E-state index contributed by atoms with van der Waals surface area (Å²) in [4.78, 5) is 25.0. The Morgan fingerprint density at radius 3 is 2.45 bits per heavy atom. The molecule has 4 rings (SSSR count). The first-order chi connectivity index (χ1) is 14.1. The molecule has 0 saturated heterocycles. The zero-order valence-corrected chi connectivity index (χ0v) is 17.2. The second kappa shape index (κ2) is 9.00. The first-order valence-electron chi connectivity index (χ1n) is 10.4. The number of carbonyl (C=O) groups excluding carboxylic acids is 2. The van der Waals surface area contributed by atoms with E-state index in [0.717, 1.165) is 42.5 Å². The Bertz CT molecular complexity index is 870. The highest BCUT2D eigenvalue weighted by molar-refractivity contribution is 6.30. The highest BCUT2D eigenvalue weighted by Crippen LogP contribution is 2.38. The van der Waals surface area contributed by atoms with E-state index in [1.54, 1.807) is 0 Å². The van der Waals surface area contributed by atoms with Crippen LogP contribution in [0.4, 0.5) is 5.69 Å². The molecule has 29 heavy (non-hydrogen) atoms. The predicted octanol–water partition coefficient (Wildman–Crippen LogP) is 5.71. The lowest BCUT2D eigenvalue weighted by Gasteiger charge is -2.23. The third-order valence-electron chi connectivity index (χ3n) is 5.87. The van der Waals surface area contributed by atoms with Crippen LogP contribution in [0.1, 0.15) is 55.6 Å². The van der Waals surface area contributed by atoms with Crippen LogP contribution < -0.4 is 5.32 Å². The highest BCUT2D eigenvalue weighted by atomic mass is 35.5. The van der Waals surface area contributed by atoms with Gasteiger partial charge in [-0.15, -0.1) is 0 Å². The smallest absolute Gasteiger partial charge is 0.309 e. The molecule has 2 fully saturated rings. The van der Waals surface area contributed by atoms with E-state index in [4.69, 9.17) is 16.3 Å². The first-order valence-corrected chi connectivity index (χ1v) is 10.8. The van der Waals surface area contributed by atoms with E-state index in [-0.39, 0.29) is 30.3 Å². The Morgan fingerprint density at radius 2 is 1.76 bits per heavy atom. The SMILES string of the molecule is O=C(OCc1cccc(NC(=O)C(c2ccc(Cl)cc2)C2CCCC2)c1)C1CC1. The van der Waals surface area contributed by atoms with Crippen molar-refractivity contribution in [3.8, 4) is 0 Å². The number of halogens is 1. The van der Waals surface area contributed by atoms with E-state index in [2.05, 4.69) is 5.32 Å². The number of ether oxygens (including phenoxy) is 1. The molecule has 2 aliphatic rings. The van der Waals surface area contributed by atoms with Gasteiger partial charge in [-0.25, -0.2) is 0 Å². The van der Waals surface area contributed by atoms with Gasteiger partial charge in [0, 0.05) is 10.7 Å². The van der Waals surface area contributed by atoms with E-state index >= 15 is 0 Å². The maximum atomic E-state index is 13.2. The normalized spacial score (nSPS) is 17.7. The Morgan fingerprint density at radius 1 is 1.03 bits per heavy atom. The van der Waals surface area contributed by atoms with E-state index in [9.17, 15) is 9.59 Å². The molecule has 1 atom stereocenters. The molecular weight excluding hydrogens is 386 g/mol. The summed E-state index contributed by atoms with van der Waals surface area (Å²) in [7, 11) is 0. The monoisotopic (exact) mass is 411 g/mol. The van der Waals surface area contributed by atoms with Gasteiger partial charge in [-0.3, -0.25) is 9.59 Å². The quantitative estimate of drug-likeness (QED) is 0.594. The summed E-state index contributed by atoms with van der Waals surface area (Å²) in [6, 6.07) is 15.1. The van der Waals surface area contributed by atoms with Gasteiger partial charge in [0.2, 0.25) is 5.91 Å². The summed E-state index contributed by atoms with van der Waals surface area (Å²) in [6.07, 6.45) is 6.34. The number of benzene rings is 2. The van der Waals surface area contributed by atoms with Gasteiger partial charge in [0.05, 0.1) is 11.8 Å². The summed E-state index contributed by atoms with van der Waals surface area (Å²) in [6.45, 7) is 0.238. The number of hydrogen-bond acceptors (Lipinski definition) is 3. The summed E-state index contributed by atoms with van der Waals surface area (Å²) in [5, 5.41) is 3.76. The van der Waals surface area contributed by atoms with E-state index in [1.807, 2.05) is 48.5 Å². The topological polar surface area (TPSA) is 55.4 Å². The third kappa shape index (κ3) is 5.18. The molecule has 152 valence electrons. The average molecular weight is 412 g/mol. The molecule has 0 aromatic heterocycles. The minimum absolute atomic E-state index is 0.00588. The Kier molecular flexibility index (Phi) is 6.19. The molecule has 1 unspecified atom stereocenters. The van der Waals surface area contributed by atoms with Crippen molar-refractivity contribution in [3.63, 3.8) is 0 Å². The number of esters is 1. The van der Waals surface area contributed by atoms with Gasteiger partial charge in [-0.05, 0) is 67.0 Å². The van der Waals surface area contributed by atoms with Gasteiger partial charge in [0.25, 0.3) is 0 Å². The Balaban J connectivity index is 1.46. The minimum Gasteiger partial charge on any atom is -0.461 e. The number of amides is 1. The second-order valence-electron chi connectivity index (χ2n) is 8.15. The molecule has 4 nitrogen and oxygen atoms in total. The molecule has 2 aromatic rings. The first kappa shape index (κ1) is 20.0. The van der Waals surface area contributed by atoms with Crippen LogP contribution in [0.2, 0.25) is 5.02 Å². The van der Waals surface area contributed by atoms with E-state index < -0.39 is 0 Å². The molecule has 2 aromatic carbocycles. The Labute approximate surface area is 176 Å². The van der Waals surface area contributed by atoms with Crippen molar-refractivity contribution in [1.29, 1.82) is 0 Å². The summed E-state index contributed by atoms with van der Waals surface area (Å²) >= 11 is 6.04. The van der Waals surface area contributed by atoms with Crippen molar-refractivity contribution < 1.29 is 14.3 Å². The highest BCUT2D eigenvalue weighted by Gasteiger charge is 2.32. The van der Waals surface area contributed by atoms with Crippen molar-refractivity contribution in [3.05, 3.63) is 64.7 Å². The molecule has 0 aliphatic heterocycles. The maximum Gasteiger partial charge on any atom is 0.309 e. The fourth-order valence-electron chi connectivity index (χ4n) is 4.15. The molecule has 2 saturated carbocycles. The van der Waals surface area contributed by atoms with E-state index in [1.165, 1.54) is 12.8 Å². The Hall–Kier alpha value is -2.33. The van der Waals surface area contributed by atoms with Crippen molar-refractivity contribution in [2.75, 3.05) is 5.32 Å². The van der Waals surface area contributed by atoms with Gasteiger partial charge in [-0.1, -0.05) is 48.7 Å². The molecule has 0 bridgehead atoms. The maximum absolute atomic E-state index is 13.2. The number of hydrogen-bond donors (Lipinski definition) is 1. The van der Waals surface area contributed by atoms with Crippen molar-refractivity contribution in [2.24, 2.45) is 11.8 Å². The fraction of sp³-hybridized carbons (Fsp3) is 0.417. The number of anilines is 1. The number of carbonyl (C=O) groups is 2. The van der Waals surface area contributed by atoms with Gasteiger partial charge >= 0.3 is 5.97 Å². The van der Waals surface area contributed by atoms with E-state index in [0.29, 0.717) is 10.9 Å². The molecular formula is C24H26ClNO3. The van der Waals surface area contributed by atoms with Crippen molar-refractivity contribution in [1.82, 2.24) is 0 Å². The van der Waals surface area contributed by atoms with Crippen molar-refractivity contribution >= 4 is 29.2 Å². The number of rotatable bonds is 7. The number of nitrogens with one attached hydrogen (secondary N) is 1. The molecule has 5 heteroatoms. The van der Waals surface area contributed by atoms with Gasteiger partial charge in [-0.2, -0.15) is 0 Å². The summed E-state index contributed by atoms with van der Waals surface area (Å²) in [5.41, 5.74) is 2.61. The van der Waals surface area contributed by atoms with Gasteiger partial charge in [0.15, 0.2) is 0 Å². The second-order valence-corrected chi connectivity index (χ2v) is 8.58. The standard InChI is InChI=1S/C24H26ClNO3/c25-20-12-10-18(11-13-20)22(17-5-1-2-6-17)23(27)26-21-7-3-4-16(14-21)15-29-24(28)19-8-9-19/h3-4,7,10-14,17,19,22H,1-2,5-6,8-9,15H2,(H,26,27). The zero-order valence-electron chi connectivity index (χ0n) is 16.4. The molecule has 0 radical (unpaired) electrons. The van der Waals surface area contributed by atoms with Gasteiger partial charge < -0.3 is 10.1 Å². The van der Waals surface area contributed by atoms with Crippen molar-refractivity contribution in [2.45, 2.75) is 51.0 Å². The summed E-state index contributed by atoms with van der Waals surface area (Å²) in [5.74, 6) is 0.129. The lowest BCUT2D eigenvalue weighted by atomic mass is 9.84. The largest absolute Gasteiger partial charge is 0.461 e. The van der Waals surface area contributed by atoms with Crippen LogP contribution >= 0.6 is 11.6 Å². The van der Waals surface area contributed by atoms with Crippen LogP contribution in [0.5, 0.6) is 0 Å². The predicted molar refractivity (Wildman–Crippen MR) is 114 cm³/mol. The van der Waals surface area contributed by atoms with Crippen LogP contribution in [-0.4, -0.2) is 11.9 Å². The molecule has 2 aliphatic carbocycles. The fourth-order valence-corrected chi connectivity index (χ4v) is 4.27. The van der Waals surface area contributed by atoms with Crippen LogP contribution in [0, 0.1) is 11.8 Å². The van der Waals surface area contributed by atoms with Gasteiger partial charge in [0.1, 0.15) is 6.61 Å². The zero-order chi connectivity index (χ0) is 20.2. The van der Waals surface area contributed by atoms with Crippen LogP contribution in [0.15, 0.2) is 48.5 Å². The minimum atomic E-state index is -0.189.